The van der Waals surface area contributed by atoms with Gasteiger partial charge in [0.25, 0.3) is 0 Å². The highest BCUT2D eigenvalue weighted by molar-refractivity contribution is 9.12. The van der Waals surface area contributed by atoms with E-state index in [4.69, 9.17) is 4.98 Å². The minimum atomic E-state index is 0.565. The average molecular weight is 499 g/mol. The number of hydrogen-bond acceptors (Lipinski definition) is 3. The Kier molecular flexibility index (Phi) is 8.48. The zero-order chi connectivity index (χ0) is 20.5. The van der Waals surface area contributed by atoms with E-state index < -0.39 is 0 Å². The molecular weight excluding hydrogens is 478 g/mol. The molecule has 3 nitrogen and oxygen atoms in total. The summed E-state index contributed by atoms with van der Waals surface area (Å²) in [7, 11) is 0. The lowest BCUT2D eigenvalue weighted by atomic mass is 10.1. The zero-order valence-electron chi connectivity index (χ0n) is 15.9. The summed E-state index contributed by atoms with van der Waals surface area (Å²) in [5.41, 5.74) is 2.58. The number of nitrogens with zero attached hydrogens (tertiary/aromatic N) is 3. The van der Waals surface area contributed by atoms with E-state index in [1.807, 2.05) is 68.5 Å². The highest BCUT2D eigenvalue weighted by Crippen LogP contribution is 2.25. The van der Waals surface area contributed by atoms with Gasteiger partial charge in [0, 0.05) is 25.7 Å². The molecule has 0 aliphatic rings. The van der Waals surface area contributed by atoms with E-state index in [-0.39, 0.29) is 0 Å². The molecule has 2 rings (SSSR count). The number of aromatic nitrogens is 3. The lowest BCUT2D eigenvalue weighted by Crippen LogP contribution is -2.04. The first-order valence-electron chi connectivity index (χ1n) is 8.66. The Morgan fingerprint density at radius 1 is 1.00 bits per heavy atom. The number of hydrogen-bond donors (Lipinski definition) is 0. The third-order valence-electron chi connectivity index (χ3n) is 3.72. The Labute approximate surface area is 183 Å². The van der Waals surface area contributed by atoms with Gasteiger partial charge in [0.15, 0.2) is 17.5 Å². The van der Waals surface area contributed by atoms with E-state index in [0.29, 0.717) is 17.5 Å². The molecule has 28 heavy (non-hydrogen) atoms. The van der Waals surface area contributed by atoms with Crippen molar-refractivity contribution in [3.63, 3.8) is 0 Å². The Hall–Kier alpha value is -2.37. The number of halogens is 2. The molecule has 0 spiro atoms. The molecule has 1 heterocycles. The van der Waals surface area contributed by atoms with Crippen molar-refractivity contribution in [1.29, 1.82) is 0 Å². The lowest BCUT2D eigenvalue weighted by Gasteiger charge is -2.09. The van der Waals surface area contributed by atoms with Crippen LogP contribution in [0.4, 0.5) is 0 Å². The molecule has 0 aliphatic carbocycles. The lowest BCUT2D eigenvalue weighted by molar-refractivity contribution is 1.00. The predicted molar refractivity (Wildman–Crippen MR) is 127 cm³/mol. The quantitative estimate of drug-likeness (QED) is 0.375. The van der Waals surface area contributed by atoms with E-state index in [1.54, 1.807) is 12.2 Å². The molecule has 0 fully saturated rings. The molecule has 0 atom stereocenters. The molecule has 2 aromatic rings. The normalized spacial score (nSPS) is 13.1. The highest BCUT2D eigenvalue weighted by Gasteiger charge is 2.13. The molecule has 0 amide bonds. The topological polar surface area (TPSA) is 38.7 Å². The van der Waals surface area contributed by atoms with Crippen molar-refractivity contribution in [2.24, 2.45) is 0 Å². The summed E-state index contributed by atoms with van der Waals surface area (Å²) in [5, 5.41) is 0. The van der Waals surface area contributed by atoms with E-state index in [2.05, 4.69) is 55.0 Å². The molecule has 0 saturated heterocycles. The fraction of sp³-hybridized carbons (Fsp3) is 0.0870. The van der Waals surface area contributed by atoms with Crippen LogP contribution in [-0.4, -0.2) is 15.0 Å². The maximum atomic E-state index is 4.71. The number of benzene rings is 1. The summed E-state index contributed by atoms with van der Waals surface area (Å²) >= 11 is 6.98. The Morgan fingerprint density at radius 3 is 2.29 bits per heavy atom. The molecule has 142 valence electrons. The van der Waals surface area contributed by atoms with Crippen LogP contribution in [0.1, 0.15) is 25.5 Å². The van der Waals surface area contributed by atoms with Crippen LogP contribution in [0.3, 0.4) is 0 Å². The summed E-state index contributed by atoms with van der Waals surface area (Å²) in [6.45, 7) is 11.6. The van der Waals surface area contributed by atoms with Gasteiger partial charge in [0.1, 0.15) is 0 Å². The fourth-order valence-electron chi connectivity index (χ4n) is 2.31. The largest absolute Gasteiger partial charge is 0.208 e. The second kappa shape index (κ2) is 10.8. The van der Waals surface area contributed by atoms with Crippen molar-refractivity contribution in [2.75, 3.05) is 0 Å². The van der Waals surface area contributed by atoms with Gasteiger partial charge in [-0.1, -0.05) is 93.6 Å². The number of rotatable bonds is 7. The molecule has 5 heteroatoms. The zero-order valence-corrected chi connectivity index (χ0v) is 19.0. The summed E-state index contributed by atoms with van der Waals surface area (Å²) in [6.07, 6.45) is 13.2. The SMILES string of the molecule is C=C/C(Br)=C\C(=C/C)c1nc(/C(C=C)=C/C=C\C)nc(-c2cccc(Br)c2)n1. The van der Waals surface area contributed by atoms with Crippen molar-refractivity contribution < 1.29 is 0 Å². The molecule has 1 aromatic carbocycles. The Morgan fingerprint density at radius 2 is 1.71 bits per heavy atom. The van der Waals surface area contributed by atoms with E-state index >= 15 is 0 Å². The Bertz CT molecular complexity index is 999. The van der Waals surface area contributed by atoms with Crippen molar-refractivity contribution in [3.05, 3.63) is 101 Å². The minimum absolute atomic E-state index is 0.565. The van der Waals surface area contributed by atoms with Gasteiger partial charge in [-0.25, -0.2) is 15.0 Å². The monoisotopic (exact) mass is 497 g/mol. The molecule has 0 bridgehead atoms. The van der Waals surface area contributed by atoms with Crippen LogP contribution in [0, 0.1) is 0 Å². The molecular formula is C23H21Br2N3. The van der Waals surface area contributed by atoms with Gasteiger partial charge in [-0.3, -0.25) is 0 Å². The number of allylic oxidation sites excluding steroid dienone is 10. The summed E-state index contributed by atoms with van der Waals surface area (Å²) in [6, 6.07) is 7.88. The fourth-order valence-corrected chi connectivity index (χ4v) is 2.95. The summed E-state index contributed by atoms with van der Waals surface area (Å²) in [4.78, 5) is 14.1. The third-order valence-corrected chi connectivity index (χ3v) is 4.77. The summed E-state index contributed by atoms with van der Waals surface area (Å²) < 4.78 is 1.81. The van der Waals surface area contributed by atoms with Crippen molar-refractivity contribution in [1.82, 2.24) is 15.0 Å². The van der Waals surface area contributed by atoms with Gasteiger partial charge in [-0.2, -0.15) is 0 Å². The standard InChI is InChI=1S/C23H21Br2N3/c1-5-9-11-16(6-2)21-26-22(17(7-3)14-19(24)8-4)28-23(27-21)18-12-10-13-20(25)15-18/h5-15H,2,4H2,1,3H3/b9-5-,16-11+,17-7+,19-14+. The van der Waals surface area contributed by atoms with E-state index in [0.717, 1.165) is 25.7 Å². The maximum absolute atomic E-state index is 4.71. The van der Waals surface area contributed by atoms with Crippen LogP contribution in [0.25, 0.3) is 22.5 Å². The van der Waals surface area contributed by atoms with E-state index in [9.17, 15) is 0 Å². The summed E-state index contributed by atoms with van der Waals surface area (Å²) in [5.74, 6) is 1.74. The van der Waals surface area contributed by atoms with Gasteiger partial charge in [0.05, 0.1) is 0 Å². The highest BCUT2D eigenvalue weighted by atomic mass is 79.9. The van der Waals surface area contributed by atoms with Crippen LogP contribution in [-0.2, 0) is 0 Å². The van der Waals surface area contributed by atoms with Crippen LogP contribution in [0.2, 0.25) is 0 Å². The van der Waals surface area contributed by atoms with Crippen molar-refractivity contribution in [3.8, 4) is 11.4 Å². The maximum Gasteiger partial charge on any atom is 0.164 e. The molecule has 0 radical (unpaired) electrons. The van der Waals surface area contributed by atoms with Crippen molar-refractivity contribution >= 4 is 43.0 Å². The molecule has 0 N–H and O–H groups in total. The third kappa shape index (κ3) is 5.81. The smallest absolute Gasteiger partial charge is 0.164 e. The molecule has 1 aromatic heterocycles. The molecule has 0 unspecified atom stereocenters. The van der Waals surface area contributed by atoms with Crippen LogP contribution >= 0.6 is 31.9 Å². The second-order valence-corrected chi connectivity index (χ2v) is 7.48. The first-order valence-corrected chi connectivity index (χ1v) is 10.2. The minimum Gasteiger partial charge on any atom is -0.208 e. The molecule has 0 saturated carbocycles. The van der Waals surface area contributed by atoms with Gasteiger partial charge in [0.2, 0.25) is 0 Å². The van der Waals surface area contributed by atoms with Gasteiger partial charge in [-0.05, 0) is 32.1 Å². The van der Waals surface area contributed by atoms with Crippen LogP contribution < -0.4 is 0 Å². The average Bonchev–Trinajstić information content (AvgIpc) is 2.72. The van der Waals surface area contributed by atoms with Gasteiger partial charge < -0.3 is 0 Å². The van der Waals surface area contributed by atoms with Gasteiger partial charge >= 0.3 is 0 Å². The van der Waals surface area contributed by atoms with Gasteiger partial charge in [-0.15, -0.1) is 0 Å². The van der Waals surface area contributed by atoms with Crippen LogP contribution in [0.15, 0.2) is 88.9 Å². The second-order valence-electron chi connectivity index (χ2n) is 5.65. The predicted octanol–water partition coefficient (Wildman–Crippen LogP) is 7.31. The first kappa shape index (κ1) is 21.9. The Balaban J connectivity index is 2.74. The van der Waals surface area contributed by atoms with Crippen molar-refractivity contribution in [2.45, 2.75) is 13.8 Å². The molecule has 0 aliphatic heterocycles. The first-order chi connectivity index (χ1) is 13.5. The van der Waals surface area contributed by atoms with Crippen LogP contribution in [0.5, 0.6) is 0 Å². The van der Waals surface area contributed by atoms with E-state index in [1.165, 1.54) is 0 Å².